The molecule has 4 aromatic carbocycles. The van der Waals surface area contributed by atoms with Gasteiger partial charge < -0.3 is 9.47 Å². The van der Waals surface area contributed by atoms with Crippen LogP contribution in [0.1, 0.15) is 11.1 Å². The number of hydrogen-bond donors (Lipinski definition) is 0. The molecule has 1 aromatic heterocycles. The number of ether oxygens (including phenoxy) is 2. The molecule has 15 heteroatoms. The quantitative estimate of drug-likeness (QED) is 0.0940. The highest BCUT2D eigenvalue weighted by Gasteiger charge is 2.37. The zero-order valence-electron chi connectivity index (χ0n) is 22.9. The van der Waals surface area contributed by atoms with Gasteiger partial charge in [0.1, 0.15) is 34.1 Å². The van der Waals surface area contributed by atoms with Crippen LogP contribution < -0.4 is 9.47 Å². The second kappa shape index (κ2) is 12.2. The van der Waals surface area contributed by atoms with E-state index in [4.69, 9.17) is 9.47 Å². The number of halogens is 6. The number of rotatable bonds is 8. The molecule has 0 aliphatic rings. The van der Waals surface area contributed by atoms with Gasteiger partial charge in [-0.1, -0.05) is 18.2 Å². The minimum absolute atomic E-state index is 0.0200. The Kier molecular flexibility index (Phi) is 8.33. The lowest BCUT2D eigenvalue weighted by molar-refractivity contribution is -0.385. The summed E-state index contributed by atoms with van der Waals surface area (Å²) in [4.78, 5) is 24.4. The summed E-state index contributed by atoms with van der Waals surface area (Å²) in [7, 11) is 0. The maximum absolute atomic E-state index is 13.5. The summed E-state index contributed by atoms with van der Waals surface area (Å²) < 4.78 is 92.1. The van der Waals surface area contributed by atoms with Crippen molar-refractivity contribution in [1.29, 1.82) is 0 Å². The van der Waals surface area contributed by atoms with E-state index in [0.717, 1.165) is 24.3 Å². The second-order valence-corrected chi connectivity index (χ2v) is 9.52. The van der Waals surface area contributed by atoms with Crippen LogP contribution in [0.15, 0.2) is 103 Å². The van der Waals surface area contributed by atoms with Gasteiger partial charge >= 0.3 is 12.4 Å². The van der Waals surface area contributed by atoms with E-state index in [2.05, 4.69) is 4.98 Å². The van der Waals surface area contributed by atoms with Crippen molar-refractivity contribution < 1.29 is 45.7 Å². The van der Waals surface area contributed by atoms with Crippen molar-refractivity contribution in [3.63, 3.8) is 0 Å². The lowest BCUT2D eigenvalue weighted by atomic mass is 9.99. The summed E-state index contributed by atoms with van der Waals surface area (Å²) in [6.07, 6.45) is -8.30. The molecule has 0 unspecified atom stereocenters. The lowest BCUT2D eigenvalue weighted by Crippen LogP contribution is -2.08. The van der Waals surface area contributed by atoms with Gasteiger partial charge in [-0.3, -0.25) is 25.2 Å². The van der Waals surface area contributed by atoms with E-state index in [1.54, 1.807) is 36.4 Å². The van der Waals surface area contributed by atoms with Crippen LogP contribution in [0.3, 0.4) is 0 Å². The van der Waals surface area contributed by atoms with Crippen LogP contribution in [0, 0.1) is 20.2 Å². The summed E-state index contributed by atoms with van der Waals surface area (Å²) >= 11 is 0. The van der Waals surface area contributed by atoms with E-state index in [9.17, 15) is 46.6 Å². The Morgan fingerprint density at radius 2 is 1.02 bits per heavy atom. The Hall–Kier alpha value is -5.99. The van der Waals surface area contributed by atoms with E-state index in [1.165, 1.54) is 30.5 Å². The van der Waals surface area contributed by atoms with E-state index in [1.807, 2.05) is 0 Å². The average molecular weight is 641 g/mol. The van der Waals surface area contributed by atoms with Gasteiger partial charge in [0.15, 0.2) is 0 Å². The molecule has 0 amide bonds. The predicted octanol–water partition coefficient (Wildman–Crippen LogP) is 9.85. The first-order chi connectivity index (χ1) is 21.7. The van der Waals surface area contributed by atoms with Crippen molar-refractivity contribution in [2.24, 2.45) is 0 Å². The smallest absolute Gasteiger partial charge is 0.420 e. The van der Waals surface area contributed by atoms with Gasteiger partial charge in [-0.25, -0.2) is 0 Å². The molecule has 234 valence electrons. The number of pyridine rings is 1. The first-order valence-corrected chi connectivity index (χ1v) is 12.9. The topological polar surface area (TPSA) is 118 Å². The highest BCUT2D eigenvalue weighted by atomic mass is 19.4. The molecular weight excluding hydrogens is 624 g/mol. The largest absolute Gasteiger partial charge is 0.457 e. The summed E-state index contributed by atoms with van der Waals surface area (Å²) in [5, 5.41) is 21.9. The van der Waals surface area contributed by atoms with Gasteiger partial charge in [0.2, 0.25) is 0 Å². The molecule has 0 atom stereocenters. The Balaban J connectivity index is 1.39. The molecule has 0 aliphatic carbocycles. The number of nitro benzene ring substituents is 2. The molecule has 0 radical (unpaired) electrons. The van der Waals surface area contributed by atoms with Crippen LogP contribution in [0.5, 0.6) is 23.0 Å². The van der Waals surface area contributed by atoms with Crippen molar-refractivity contribution in [1.82, 2.24) is 4.98 Å². The molecule has 0 aliphatic heterocycles. The number of nitrogens with zero attached hydrogens (tertiary/aromatic N) is 3. The fourth-order valence-electron chi connectivity index (χ4n) is 4.39. The monoisotopic (exact) mass is 641 g/mol. The van der Waals surface area contributed by atoms with Crippen LogP contribution in [-0.4, -0.2) is 14.8 Å². The average Bonchev–Trinajstić information content (AvgIpc) is 3.01. The van der Waals surface area contributed by atoms with Gasteiger partial charge in [-0.2, -0.15) is 26.3 Å². The lowest BCUT2D eigenvalue weighted by Gasteiger charge is -2.15. The molecule has 0 N–H and O–H groups in total. The SMILES string of the molecule is O=[N+]([O-])c1ccc(Oc2ccc(-c3cccnc3-c3ccc(Oc4ccc([N+](=O)[O-])cc4C(F)(F)F)cc3)cc2)c(C(F)(F)F)c1. The van der Waals surface area contributed by atoms with Gasteiger partial charge in [0, 0.05) is 41.6 Å². The molecule has 0 saturated carbocycles. The van der Waals surface area contributed by atoms with Crippen LogP contribution in [0.2, 0.25) is 0 Å². The standard InChI is InChI=1S/C31H17F6N3O6/c32-30(33,34)25-16-20(39(41)42)7-13-27(25)45-22-9-3-18(4-10-22)24-2-1-15-38-29(24)19-5-11-23(12-6-19)46-28-14-8-21(40(43)44)17-26(28)31(35,36)37/h1-17H. The normalized spacial score (nSPS) is 11.6. The summed E-state index contributed by atoms with van der Waals surface area (Å²) in [6, 6.07) is 19.5. The van der Waals surface area contributed by atoms with Crippen molar-refractivity contribution in [2.75, 3.05) is 0 Å². The Morgan fingerprint density at radius 3 is 1.43 bits per heavy atom. The number of benzene rings is 4. The molecule has 0 saturated heterocycles. The highest BCUT2D eigenvalue weighted by Crippen LogP contribution is 2.42. The maximum atomic E-state index is 13.5. The van der Waals surface area contributed by atoms with Crippen LogP contribution in [0.4, 0.5) is 37.7 Å². The molecular formula is C31H17F6N3O6. The van der Waals surface area contributed by atoms with E-state index < -0.39 is 56.2 Å². The van der Waals surface area contributed by atoms with E-state index in [0.29, 0.717) is 34.5 Å². The minimum atomic E-state index is -4.91. The Morgan fingerprint density at radius 1 is 0.587 bits per heavy atom. The number of non-ortho nitro benzene ring substituents is 2. The number of alkyl halides is 6. The number of hydrogen-bond acceptors (Lipinski definition) is 7. The van der Waals surface area contributed by atoms with Crippen LogP contribution in [-0.2, 0) is 12.4 Å². The summed E-state index contributed by atoms with van der Waals surface area (Å²) in [5.41, 5.74) is -1.90. The zero-order chi connectivity index (χ0) is 33.2. The Bertz CT molecular complexity index is 1790. The van der Waals surface area contributed by atoms with Crippen molar-refractivity contribution in [3.05, 3.63) is 135 Å². The van der Waals surface area contributed by atoms with Crippen LogP contribution in [0.25, 0.3) is 22.4 Å². The fourth-order valence-corrected chi connectivity index (χ4v) is 4.39. The van der Waals surface area contributed by atoms with Gasteiger partial charge in [-0.05, 0) is 60.2 Å². The second-order valence-electron chi connectivity index (χ2n) is 9.52. The fraction of sp³-hybridized carbons (Fsp3) is 0.0645. The molecule has 1 heterocycles. The molecule has 0 fully saturated rings. The molecule has 9 nitrogen and oxygen atoms in total. The molecule has 5 rings (SSSR count). The van der Waals surface area contributed by atoms with Gasteiger partial charge in [0.25, 0.3) is 11.4 Å². The van der Waals surface area contributed by atoms with E-state index >= 15 is 0 Å². The highest BCUT2D eigenvalue weighted by molar-refractivity contribution is 5.81. The molecule has 0 bridgehead atoms. The third-order valence-corrected chi connectivity index (χ3v) is 6.52. The van der Waals surface area contributed by atoms with Crippen molar-refractivity contribution >= 4 is 11.4 Å². The molecule has 0 spiro atoms. The predicted molar refractivity (Wildman–Crippen MR) is 151 cm³/mol. The number of nitro groups is 2. The van der Waals surface area contributed by atoms with E-state index in [-0.39, 0.29) is 11.5 Å². The first kappa shape index (κ1) is 31.4. The first-order valence-electron chi connectivity index (χ1n) is 12.9. The zero-order valence-corrected chi connectivity index (χ0v) is 22.9. The summed E-state index contributed by atoms with van der Waals surface area (Å²) in [5.74, 6) is -1.19. The third kappa shape index (κ3) is 6.88. The Labute approximate surface area is 254 Å². The van der Waals surface area contributed by atoms with Crippen LogP contribution >= 0.6 is 0 Å². The third-order valence-electron chi connectivity index (χ3n) is 6.52. The minimum Gasteiger partial charge on any atom is -0.457 e. The molecule has 46 heavy (non-hydrogen) atoms. The van der Waals surface area contributed by atoms with Gasteiger partial charge in [0.05, 0.1) is 15.5 Å². The van der Waals surface area contributed by atoms with Gasteiger partial charge in [-0.15, -0.1) is 0 Å². The summed E-state index contributed by atoms with van der Waals surface area (Å²) in [6.45, 7) is 0. The van der Waals surface area contributed by atoms with Crippen molar-refractivity contribution in [3.8, 4) is 45.4 Å². The molecule has 5 aromatic rings. The van der Waals surface area contributed by atoms with Crippen molar-refractivity contribution in [2.45, 2.75) is 12.4 Å². The number of aromatic nitrogens is 1. The maximum Gasteiger partial charge on any atom is 0.420 e.